The van der Waals surface area contributed by atoms with E-state index in [0.29, 0.717) is 6.42 Å². The van der Waals surface area contributed by atoms with Crippen LogP contribution in [0.3, 0.4) is 0 Å². The Labute approximate surface area is 127 Å². The average molecular weight is 333 g/mol. The van der Waals surface area contributed by atoms with E-state index in [4.69, 9.17) is 0 Å². The topological polar surface area (TPSA) is 33.2 Å². The number of aromatic nitrogens is 1. The molecular weight excluding hydrogens is 316 g/mol. The molecule has 1 aromatic heterocycles. The summed E-state index contributed by atoms with van der Waals surface area (Å²) in [6.45, 7) is 1.55. The van der Waals surface area contributed by atoms with Crippen molar-refractivity contribution in [2.75, 3.05) is 13.6 Å². The first-order valence-electron chi connectivity index (χ1n) is 6.51. The summed E-state index contributed by atoms with van der Waals surface area (Å²) in [6, 6.07) is 11.5. The van der Waals surface area contributed by atoms with Crippen molar-refractivity contribution in [3.8, 4) is 0 Å². The fourth-order valence-corrected chi connectivity index (χ4v) is 2.22. The van der Waals surface area contributed by atoms with Gasteiger partial charge in [-0.1, -0.05) is 34.1 Å². The van der Waals surface area contributed by atoms with Gasteiger partial charge in [0.25, 0.3) is 0 Å². The maximum absolute atomic E-state index is 12.1. The van der Waals surface area contributed by atoms with Crippen LogP contribution in [0.15, 0.2) is 53.3 Å². The molecule has 20 heavy (non-hydrogen) atoms. The third-order valence-electron chi connectivity index (χ3n) is 3.06. The van der Waals surface area contributed by atoms with Gasteiger partial charge in [0.15, 0.2) is 5.78 Å². The quantitative estimate of drug-likeness (QED) is 0.758. The smallest absolute Gasteiger partial charge is 0.164 e. The van der Waals surface area contributed by atoms with Gasteiger partial charge in [0, 0.05) is 41.9 Å². The number of Topliss-reactive ketones (excluding diaryl/α,β-unsaturated/α-hetero) is 1. The number of hydrogen-bond acceptors (Lipinski definition) is 3. The Bertz CT molecular complexity index is 554. The summed E-state index contributed by atoms with van der Waals surface area (Å²) >= 11 is 3.37. The van der Waals surface area contributed by atoms with Gasteiger partial charge in [0.1, 0.15) is 0 Å². The Morgan fingerprint density at radius 1 is 1.25 bits per heavy atom. The zero-order chi connectivity index (χ0) is 14.4. The number of pyridine rings is 1. The molecule has 0 aliphatic carbocycles. The van der Waals surface area contributed by atoms with Crippen molar-refractivity contribution in [3.05, 3.63) is 64.4 Å². The van der Waals surface area contributed by atoms with E-state index in [1.54, 1.807) is 6.20 Å². The lowest BCUT2D eigenvalue weighted by Gasteiger charge is -2.15. The summed E-state index contributed by atoms with van der Waals surface area (Å²) in [5.41, 5.74) is 1.93. The zero-order valence-electron chi connectivity index (χ0n) is 11.4. The summed E-state index contributed by atoms with van der Waals surface area (Å²) in [7, 11) is 2.02. The van der Waals surface area contributed by atoms with Crippen molar-refractivity contribution in [2.24, 2.45) is 0 Å². The van der Waals surface area contributed by atoms with Crippen LogP contribution in [0.5, 0.6) is 0 Å². The lowest BCUT2D eigenvalue weighted by molar-refractivity contribution is 0.0968. The number of rotatable bonds is 6. The molecule has 0 fully saturated rings. The summed E-state index contributed by atoms with van der Waals surface area (Å²) < 4.78 is 0.989. The third kappa shape index (κ3) is 4.54. The molecule has 0 aliphatic rings. The SMILES string of the molecule is CN(CCC(=O)c1ccc(Br)cc1)Cc1cccnc1. The number of benzene rings is 1. The number of ketones is 1. The van der Waals surface area contributed by atoms with Crippen molar-refractivity contribution in [3.63, 3.8) is 0 Å². The Kier molecular flexibility index (Phi) is 5.44. The molecule has 0 aliphatic heterocycles. The van der Waals surface area contributed by atoms with Gasteiger partial charge in [0.05, 0.1) is 0 Å². The van der Waals surface area contributed by atoms with Gasteiger partial charge < -0.3 is 4.90 Å². The van der Waals surface area contributed by atoms with E-state index in [2.05, 4.69) is 25.8 Å². The van der Waals surface area contributed by atoms with E-state index >= 15 is 0 Å². The van der Waals surface area contributed by atoms with E-state index in [0.717, 1.165) is 28.7 Å². The van der Waals surface area contributed by atoms with Crippen LogP contribution < -0.4 is 0 Å². The lowest BCUT2D eigenvalue weighted by atomic mass is 10.1. The fourth-order valence-electron chi connectivity index (χ4n) is 1.95. The molecule has 0 radical (unpaired) electrons. The minimum Gasteiger partial charge on any atom is -0.302 e. The molecule has 0 saturated carbocycles. The highest BCUT2D eigenvalue weighted by molar-refractivity contribution is 9.10. The molecule has 1 aromatic carbocycles. The number of halogens is 1. The molecule has 1 heterocycles. The minimum absolute atomic E-state index is 0.176. The van der Waals surface area contributed by atoms with Gasteiger partial charge in [-0.2, -0.15) is 0 Å². The van der Waals surface area contributed by atoms with Crippen LogP contribution in [-0.2, 0) is 6.54 Å². The summed E-state index contributed by atoms with van der Waals surface area (Å²) in [6.07, 6.45) is 4.14. The van der Waals surface area contributed by atoms with Crippen molar-refractivity contribution in [1.82, 2.24) is 9.88 Å². The number of carbonyl (C=O) groups is 1. The molecule has 0 N–H and O–H groups in total. The molecule has 3 nitrogen and oxygen atoms in total. The molecule has 4 heteroatoms. The Morgan fingerprint density at radius 2 is 2.00 bits per heavy atom. The standard InChI is InChI=1S/C16H17BrN2O/c1-19(12-13-3-2-9-18-11-13)10-8-16(20)14-4-6-15(17)7-5-14/h2-7,9,11H,8,10,12H2,1H3. The van der Waals surface area contributed by atoms with Crippen molar-refractivity contribution < 1.29 is 4.79 Å². The van der Waals surface area contributed by atoms with Crippen LogP contribution in [0, 0.1) is 0 Å². The fraction of sp³-hybridized carbons (Fsp3) is 0.250. The molecule has 0 saturated heterocycles. The van der Waals surface area contributed by atoms with Crippen molar-refractivity contribution >= 4 is 21.7 Å². The molecule has 0 bridgehead atoms. The maximum atomic E-state index is 12.1. The maximum Gasteiger partial charge on any atom is 0.164 e. The second-order valence-corrected chi connectivity index (χ2v) is 5.69. The summed E-state index contributed by atoms with van der Waals surface area (Å²) in [5, 5.41) is 0. The lowest BCUT2D eigenvalue weighted by Crippen LogP contribution is -2.21. The zero-order valence-corrected chi connectivity index (χ0v) is 13.0. The number of nitrogens with zero attached hydrogens (tertiary/aromatic N) is 2. The van der Waals surface area contributed by atoms with Crippen LogP contribution in [0.25, 0.3) is 0 Å². The summed E-state index contributed by atoms with van der Waals surface area (Å²) in [4.78, 5) is 18.3. The molecule has 0 amide bonds. The number of carbonyl (C=O) groups excluding carboxylic acids is 1. The van der Waals surface area contributed by atoms with Crippen LogP contribution in [0.2, 0.25) is 0 Å². The second kappa shape index (κ2) is 7.31. The van der Waals surface area contributed by atoms with Crippen molar-refractivity contribution in [1.29, 1.82) is 0 Å². The van der Waals surface area contributed by atoms with Gasteiger partial charge in [-0.25, -0.2) is 0 Å². The van der Waals surface area contributed by atoms with Gasteiger partial charge in [-0.15, -0.1) is 0 Å². The van der Waals surface area contributed by atoms with Crippen LogP contribution >= 0.6 is 15.9 Å². The predicted molar refractivity (Wildman–Crippen MR) is 83.7 cm³/mol. The van der Waals surface area contributed by atoms with E-state index < -0.39 is 0 Å². The highest BCUT2D eigenvalue weighted by atomic mass is 79.9. The van der Waals surface area contributed by atoms with Crippen LogP contribution in [0.1, 0.15) is 22.3 Å². The largest absolute Gasteiger partial charge is 0.302 e. The Hall–Kier alpha value is -1.52. The Balaban J connectivity index is 1.82. The molecule has 0 atom stereocenters. The van der Waals surface area contributed by atoms with Crippen molar-refractivity contribution in [2.45, 2.75) is 13.0 Å². The predicted octanol–water partition coefficient (Wildman–Crippen LogP) is 3.55. The van der Waals surface area contributed by atoms with Gasteiger partial charge >= 0.3 is 0 Å². The van der Waals surface area contributed by atoms with Crippen LogP contribution in [-0.4, -0.2) is 29.3 Å². The summed E-state index contributed by atoms with van der Waals surface area (Å²) in [5.74, 6) is 0.176. The molecule has 0 unspecified atom stereocenters. The first kappa shape index (κ1) is 14.9. The van der Waals surface area contributed by atoms with Gasteiger partial charge in [-0.3, -0.25) is 9.78 Å². The molecule has 104 valence electrons. The highest BCUT2D eigenvalue weighted by Crippen LogP contribution is 2.12. The third-order valence-corrected chi connectivity index (χ3v) is 3.59. The first-order valence-corrected chi connectivity index (χ1v) is 7.30. The van der Waals surface area contributed by atoms with E-state index in [-0.39, 0.29) is 5.78 Å². The monoisotopic (exact) mass is 332 g/mol. The Morgan fingerprint density at radius 3 is 2.65 bits per heavy atom. The molecule has 2 aromatic rings. The average Bonchev–Trinajstić information content (AvgIpc) is 2.46. The normalized spacial score (nSPS) is 10.8. The molecule has 2 rings (SSSR count). The molecule has 0 spiro atoms. The van der Waals surface area contributed by atoms with Gasteiger partial charge in [-0.05, 0) is 30.8 Å². The van der Waals surface area contributed by atoms with Crippen LogP contribution in [0.4, 0.5) is 0 Å². The minimum atomic E-state index is 0.176. The van der Waals surface area contributed by atoms with E-state index in [1.165, 1.54) is 0 Å². The molecular formula is C16H17BrN2O. The second-order valence-electron chi connectivity index (χ2n) is 4.78. The van der Waals surface area contributed by atoms with E-state index in [1.807, 2.05) is 49.6 Å². The number of hydrogen-bond donors (Lipinski definition) is 0. The first-order chi connectivity index (χ1) is 9.65. The van der Waals surface area contributed by atoms with E-state index in [9.17, 15) is 4.79 Å². The highest BCUT2D eigenvalue weighted by Gasteiger charge is 2.08. The van der Waals surface area contributed by atoms with Gasteiger partial charge in [0.2, 0.25) is 0 Å².